The number of nitrogens with zero attached hydrogens (tertiary/aromatic N) is 2. The van der Waals surface area contributed by atoms with Gasteiger partial charge in [-0.25, -0.2) is 0 Å². The smallest absolute Gasteiger partial charge is 0.257 e. The Labute approximate surface area is 125 Å². The molecule has 0 spiro atoms. The van der Waals surface area contributed by atoms with Crippen molar-refractivity contribution in [2.45, 2.75) is 20.8 Å². The van der Waals surface area contributed by atoms with E-state index >= 15 is 0 Å². The molecule has 0 atom stereocenters. The molecule has 0 unspecified atom stereocenters. The van der Waals surface area contributed by atoms with Gasteiger partial charge in [0.1, 0.15) is 0 Å². The molecule has 0 aliphatic heterocycles. The zero-order valence-electron chi connectivity index (χ0n) is 11.5. The van der Waals surface area contributed by atoms with Crippen LogP contribution in [0.15, 0.2) is 22.7 Å². The number of aryl methyl sites for hydroxylation is 3. The second-order valence-electron chi connectivity index (χ2n) is 4.63. The Kier molecular flexibility index (Phi) is 4.04. The van der Waals surface area contributed by atoms with Crippen molar-refractivity contribution in [1.82, 2.24) is 10.2 Å². The van der Waals surface area contributed by atoms with Crippen LogP contribution in [-0.4, -0.2) is 16.1 Å². The van der Waals surface area contributed by atoms with Crippen molar-refractivity contribution in [2.75, 3.05) is 11.1 Å². The third-order valence-electron chi connectivity index (χ3n) is 2.91. The van der Waals surface area contributed by atoms with Crippen LogP contribution < -0.4 is 11.1 Å². The average Bonchev–Trinajstić information content (AvgIpc) is 2.36. The maximum absolute atomic E-state index is 12.3. The van der Waals surface area contributed by atoms with Crippen LogP contribution in [0.1, 0.15) is 27.3 Å². The Morgan fingerprint density at radius 1 is 1.20 bits per heavy atom. The zero-order chi connectivity index (χ0) is 14.9. The summed E-state index contributed by atoms with van der Waals surface area (Å²) in [5.41, 5.74) is 9.75. The van der Waals surface area contributed by atoms with E-state index in [2.05, 4.69) is 31.4 Å². The SMILES string of the molecule is Cc1cc(C(=O)Nc2c(C)cc(Br)cc2N)c(C)nn1. The molecular formula is C14H15BrN4O. The number of rotatable bonds is 2. The van der Waals surface area contributed by atoms with Crippen molar-refractivity contribution in [1.29, 1.82) is 0 Å². The lowest BCUT2D eigenvalue weighted by atomic mass is 10.1. The normalized spacial score (nSPS) is 10.4. The molecule has 20 heavy (non-hydrogen) atoms. The van der Waals surface area contributed by atoms with Crippen LogP contribution in [-0.2, 0) is 0 Å². The van der Waals surface area contributed by atoms with E-state index in [-0.39, 0.29) is 5.91 Å². The van der Waals surface area contributed by atoms with Crippen LogP contribution in [0.4, 0.5) is 11.4 Å². The number of nitrogens with one attached hydrogen (secondary N) is 1. The number of carbonyl (C=O) groups is 1. The Balaban J connectivity index is 2.35. The second kappa shape index (κ2) is 5.58. The van der Waals surface area contributed by atoms with Gasteiger partial charge in [-0.05, 0) is 44.5 Å². The molecule has 0 bridgehead atoms. The van der Waals surface area contributed by atoms with Crippen molar-refractivity contribution in [3.63, 3.8) is 0 Å². The van der Waals surface area contributed by atoms with Gasteiger partial charge in [0.05, 0.1) is 28.3 Å². The molecule has 0 fully saturated rings. The lowest BCUT2D eigenvalue weighted by Crippen LogP contribution is -2.17. The summed E-state index contributed by atoms with van der Waals surface area (Å²) in [5, 5.41) is 10.7. The quantitative estimate of drug-likeness (QED) is 0.827. The predicted molar refractivity (Wildman–Crippen MR) is 82.8 cm³/mol. The molecule has 104 valence electrons. The molecular weight excluding hydrogens is 320 g/mol. The molecule has 6 heteroatoms. The van der Waals surface area contributed by atoms with Crippen molar-refractivity contribution in [2.24, 2.45) is 0 Å². The molecule has 0 aliphatic carbocycles. The van der Waals surface area contributed by atoms with E-state index < -0.39 is 0 Å². The molecule has 0 radical (unpaired) electrons. The third-order valence-corrected chi connectivity index (χ3v) is 3.37. The van der Waals surface area contributed by atoms with Crippen LogP contribution >= 0.6 is 15.9 Å². The average molecular weight is 335 g/mol. The van der Waals surface area contributed by atoms with Crippen LogP contribution in [0.25, 0.3) is 0 Å². The van der Waals surface area contributed by atoms with Crippen LogP contribution in [0, 0.1) is 20.8 Å². The molecule has 0 aliphatic rings. The molecule has 5 nitrogen and oxygen atoms in total. The largest absolute Gasteiger partial charge is 0.397 e. The van der Waals surface area contributed by atoms with Crippen LogP contribution in [0.5, 0.6) is 0 Å². The standard InChI is InChI=1S/C14H15BrN4O/c1-7-4-10(15)6-12(16)13(7)17-14(20)11-5-8(2)18-19-9(11)3/h4-6H,16H2,1-3H3,(H,17,20). The molecule has 3 N–H and O–H groups in total. The molecule has 0 saturated heterocycles. The summed E-state index contributed by atoms with van der Waals surface area (Å²) < 4.78 is 0.878. The van der Waals surface area contributed by atoms with Gasteiger partial charge in [0.15, 0.2) is 0 Å². The maximum Gasteiger partial charge on any atom is 0.257 e. The first-order chi connectivity index (χ1) is 9.38. The highest BCUT2D eigenvalue weighted by atomic mass is 79.9. The van der Waals surface area contributed by atoms with Crippen molar-refractivity contribution in [3.8, 4) is 0 Å². The van der Waals surface area contributed by atoms with E-state index in [1.165, 1.54) is 0 Å². The number of hydrogen-bond donors (Lipinski definition) is 2. The Bertz CT molecular complexity index is 662. The van der Waals surface area contributed by atoms with Crippen molar-refractivity contribution < 1.29 is 4.79 Å². The topological polar surface area (TPSA) is 80.9 Å². The number of carbonyl (C=O) groups excluding carboxylic acids is 1. The summed E-state index contributed by atoms with van der Waals surface area (Å²) in [6, 6.07) is 5.36. The van der Waals surface area contributed by atoms with Gasteiger partial charge < -0.3 is 11.1 Å². The van der Waals surface area contributed by atoms with Gasteiger partial charge in [-0.2, -0.15) is 10.2 Å². The Hall–Kier alpha value is -1.95. The minimum Gasteiger partial charge on any atom is -0.397 e. The summed E-state index contributed by atoms with van der Waals surface area (Å²) in [6.07, 6.45) is 0. The minimum atomic E-state index is -0.238. The third kappa shape index (κ3) is 2.96. The first-order valence-electron chi connectivity index (χ1n) is 6.06. The minimum absolute atomic E-state index is 0.238. The fourth-order valence-corrected chi connectivity index (χ4v) is 2.49. The first-order valence-corrected chi connectivity index (χ1v) is 6.85. The number of aromatic nitrogens is 2. The lowest BCUT2D eigenvalue weighted by molar-refractivity contribution is 0.102. The fourth-order valence-electron chi connectivity index (χ4n) is 1.90. The number of hydrogen-bond acceptors (Lipinski definition) is 4. The van der Waals surface area contributed by atoms with E-state index in [4.69, 9.17) is 5.73 Å². The highest BCUT2D eigenvalue weighted by molar-refractivity contribution is 9.10. The van der Waals surface area contributed by atoms with E-state index in [0.29, 0.717) is 28.3 Å². The van der Waals surface area contributed by atoms with Crippen molar-refractivity contribution >= 4 is 33.2 Å². The summed E-state index contributed by atoms with van der Waals surface area (Å²) in [6.45, 7) is 5.43. The van der Waals surface area contributed by atoms with E-state index in [0.717, 1.165) is 10.0 Å². The number of anilines is 2. The van der Waals surface area contributed by atoms with Crippen LogP contribution in [0.3, 0.4) is 0 Å². The van der Waals surface area contributed by atoms with E-state index in [1.54, 1.807) is 26.0 Å². The van der Waals surface area contributed by atoms with Crippen LogP contribution in [0.2, 0.25) is 0 Å². The number of halogens is 1. The van der Waals surface area contributed by atoms with E-state index in [1.807, 2.05) is 13.0 Å². The number of nitrogen functional groups attached to an aromatic ring is 1. The van der Waals surface area contributed by atoms with Gasteiger partial charge in [0.2, 0.25) is 0 Å². The monoisotopic (exact) mass is 334 g/mol. The molecule has 1 amide bonds. The van der Waals surface area contributed by atoms with Gasteiger partial charge in [0.25, 0.3) is 5.91 Å². The van der Waals surface area contributed by atoms with Gasteiger partial charge >= 0.3 is 0 Å². The number of benzene rings is 1. The molecule has 1 heterocycles. The van der Waals surface area contributed by atoms with Gasteiger partial charge in [0, 0.05) is 4.47 Å². The zero-order valence-corrected chi connectivity index (χ0v) is 13.1. The highest BCUT2D eigenvalue weighted by Gasteiger charge is 2.14. The first kappa shape index (κ1) is 14.5. The Morgan fingerprint density at radius 2 is 1.90 bits per heavy atom. The van der Waals surface area contributed by atoms with E-state index in [9.17, 15) is 4.79 Å². The van der Waals surface area contributed by atoms with Gasteiger partial charge in [-0.3, -0.25) is 4.79 Å². The fraction of sp³-hybridized carbons (Fsp3) is 0.214. The lowest BCUT2D eigenvalue weighted by Gasteiger charge is -2.13. The number of amides is 1. The summed E-state index contributed by atoms with van der Waals surface area (Å²) in [4.78, 5) is 12.3. The second-order valence-corrected chi connectivity index (χ2v) is 5.54. The molecule has 2 aromatic rings. The summed E-state index contributed by atoms with van der Waals surface area (Å²) in [7, 11) is 0. The molecule has 1 aromatic heterocycles. The molecule has 2 rings (SSSR count). The van der Waals surface area contributed by atoms with Crippen molar-refractivity contribution in [3.05, 3.63) is 45.2 Å². The Morgan fingerprint density at radius 3 is 2.55 bits per heavy atom. The maximum atomic E-state index is 12.3. The summed E-state index contributed by atoms with van der Waals surface area (Å²) >= 11 is 3.37. The highest BCUT2D eigenvalue weighted by Crippen LogP contribution is 2.28. The molecule has 1 aromatic carbocycles. The predicted octanol–water partition coefficient (Wildman–Crippen LogP) is 3.00. The number of nitrogens with two attached hydrogens (primary N) is 1. The summed E-state index contributed by atoms with van der Waals surface area (Å²) in [5.74, 6) is -0.238. The van der Waals surface area contributed by atoms with Gasteiger partial charge in [-0.15, -0.1) is 0 Å². The van der Waals surface area contributed by atoms with Gasteiger partial charge in [-0.1, -0.05) is 15.9 Å². The molecule has 0 saturated carbocycles.